The SMILES string of the molecule is O=C(Nc1cc(C(F)(F)F)ccc1-n1cccn1)c1cc(Cl)ccn1. The molecule has 2 aromatic heterocycles. The molecule has 0 spiro atoms. The van der Waals surface area contributed by atoms with Crippen molar-refractivity contribution in [1.82, 2.24) is 14.8 Å². The Balaban J connectivity index is 2.01. The summed E-state index contributed by atoms with van der Waals surface area (Å²) in [6.45, 7) is 0. The fourth-order valence-corrected chi connectivity index (χ4v) is 2.30. The number of halogens is 4. The second-order valence-corrected chi connectivity index (χ2v) is 5.43. The van der Waals surface area contributed by atoms with Gasteiger partial charge in [0.1, 0.15) is 5.69 Å². The highest BCUT2D eigenvalue weighted by molar-refractivity contribution is 6.31. The molecule has 3 rings (SSSR count). The molecule has 0 bridgehead atoms. The molecule has 3 aromatic rings. The Kier molecular flexibility index (Phi) is 4.45. The molecule has 2 heterocycles. The van der Waals surface area contributed by atoms with Gasteiger partial charge in [0.25, 0.3) is 5.91 Å². The van der Waals surface area contributed by atoms with E-state index < -0.39 is 17.6 Å². The predicted octanol–water partition coefficient (Wildman–Crippen LogP) is 4.19. The molecule has 0 saturated heterocycles. The first-order chi connectivity index (χ1) is 11.8. The molecule has 0 fully saturated rings. The molecule has 128 valence electrons. The molecule has 1 aromatic carbocycles. The van der Waals surface area contributed by atoms with E-state index in [0.29, 0.717) is 0 Å². The van der Waals surface area contributed by atoms with Crippen LogP contribution < -0.4 is 5.32 Å². The topological polar surface area (TPSA) is 59.8 Å². The zero-order chi connectivity index (χ0) is 18.0. The van der Waals surface area contributed by atoms with Crippen LogP contribution in [0.1, 0.15) is 16.1 Å². The van der Waals surface area contributed by atoms with Gasteiger partial charge in [-0.25, -0.2) is 4.68 Å². The van der Waals surface area contributed by atoms with Crippen molar-refractivity contribution in [1.29, 1.82) is 0 Å². The van der Waals surface area contributed by atoms with Crippen LogP contribution in [0.4, 0.5) is 18.9 Å². The van der Waals surface area contributed by atoms with Crippen LogP contribution in [0, 0.1) is 0 Å². The van der Waals surface area contributed by atoms with Crippen LogP contribution in [0.3, 0.4) is 0 Å². The number of amides is 1. The maximum absolute atomic E-state index is 13.0. The monoisotopic (exact) mass is 366 g/mol. The number of aromatic nitrogens is 3. The number of anilines is 1. The van der Waals surface area contributed by atoms with Crippen LogP contribution in [-0.2, 0) is 6.18 Å². The first-order valence-corrected chi connectivity index (χ1v) is 7.36. The van der Waals surface area contributed by atoms with Crippen LogP contribution in [0.15, 0.2) is 55.0 Å². The Hall–Kier alpha value is -2.87. The van der Waals surface area contributed by atoms with E-state index in [4.69, 9.17) is 11.6 Å². The van der Waals surface area contributed by atoms with E-state index in [1.54, 1.807) is 12.3 Å². The molecular weight excluding hydrogens is 357 g/mol. The normalized spacial score (nSPS) is 11.4. The Bertz CT molecular complexity index is 910. The number of alkyl halides is 3. The van der Waals surface area contributed by atoms with Crippen LogP contribution in [-0.4, -0.2) is 20.7 Å². The molecule has 9 heteroatoms. The molecule has 0 aliphatic heterocycles. The largest absolute Gasteiger partial charge is 0.416 e. The Morgan fingerprint density at radius 2 is 1.96 bits per heavy atom. The van der Waals surface area contributed by atoms with Gasteiger partial charge < -0.3 is 5.32 Å². The number of rotatable bonds is 3. The lowest BCUT2D eigenvalue weighted by atomic mass is 10.1. The number of carbonyl (C=O) groups excluding carboxylic acids is 1. The third-order valence-electron chi connectivity index (χ3n) is 3.28. The van der Waals surface area contributed by atoms with E-state index >= 15 is 0 Å². The standard InChI is InChI=1S/C16H10ClF3N4O/c17-11-4-6-21-13(9-11)15(25)23-12-8-10(16(18,19)20)2-3-14(12)24-7-1-5-22-24/h1-9H,(H,23,25). The Labute approximate surface area is 145 Å². The fraction of sp³-hybridized carbons (Fsp3) is 0.0625. The minimum atomic E-state index is -4.55. The van der Waals surface area contributed by atoms with Gasteiger partial charge in [-0.1, -0.05) is 11.6 Å². The summed E-state index contributed by atoms with van der Waals surface area (Å²) in [6, 6.07) is 7.41. The first-order valence-electron chi connectivity index (χ1n) is 6.99. The van der Waals surface area contributed by atoms with Crippen LogP contribution in [0.2, 0.25) is 5.02 Å². The number of nitrogens with zero attached hydrogens (tertiary/aromatic N) is 3. The summed E-state index contributed by atoms with van der Waals surface area (Å²) in [6.07, 6.45) is -0.189. The molecule has 0 radical (unpaired) electrons. The van der Waals surface area contributed by atoms with Crippen LogP contribution in [0.25, 0.3) is 5.69 Å². The molecule has 0 saturated carbocycles. The van der Waals surface area contributed by atoms with Crippen molar-refractivity contribution < 1.29 is 18.0 Å². The average Bonchev–Trinajstić information content (AvgIpc) is 3.08. The first kappa shape index (κ1) is 17.0. The summed E-state index contributed by atoms with van der Waals surface area (Å²) in [5.41, 5.74) is -0.673. The number of hydrogen-bond donors (Lipinski definition) is 1. The quantitative estimate of drug-likeness (QED) is 0.756. The van der Waals surface area contributed by atoms with E-state index in [-0.39, 0.29) is 22.1 Å². The van der Waals surface area contributed by atoms with Crippen LogP contribution in [0.5, 0.6) is 0 Å². The molecule has 1 N–H and O–H groups in total. The smallest absolute Gasteiger partial charge is 0.319 e. The summed E-state index contributed by atoms with van der Waals surface area (Å²) in [5, 5.41) is 6.70. The number of nitrogens with one attached hydrogen (secondary N) is 1. The van der Waals surface area contributed by atoms with E-state index in [1.807, 2.05) is 0 Å². The zero-order valence-electron chi connectivity index (χ0n) is 12.5. The summed E-state index contributed by atoms with van der Waals surface area (Å²) in [5.74, 6) is -0.685. The van der Waals surface area contributed by atoms with E-state index in [0.717, 1.165) is 12.1 Å². The number of pyridine rings is 1. The lowest BCUT2D eigenvalue weighted by Crippen LogP contribution is -2.16. The van der Waals surface area contributed by atoms with Crippen molar-refractivity contribution in [2.24, 2.45) is 0 Å². The minimum absolute atomic E-state index is 0.0173. The second-order valence-electron chi connectivity index (χ2n) is 4.99. The Morgan fingerprint density at radius 1 is 1.16 bits per heavy atom. The van der Waals surface area contributed by atoms with Gasteiger partial charge in [-0.3, -0.25) is 9.78 Å². The van der Waals surface area contributed by atoms with Gasteiger partial charge in [-0.05, 0) is 36.4 Å². The van der Waals surface area contributed by atoms with Crippen molar-refractivity contribution in [2.45, 2.75) is 6.18 Å². The van der Waals surface area contributed by atoms with Crippen molar-refractivity contribution in [2.75, 3.05) is 5.32 Å². The summed E-state index contributed by atoms with van der Waals surface area (Å²) < 4.78 is 40.3. The zero-order valence-corrected chi connectivity index (χ0v) is 13.2. The average molecular weight is 367 g/mol. The number of hydrogen-bond acceptors (Lipinski definition) is 3. The highest BCUT2D eigenvalue weighted by Gasteiger charge is 2.31. The van der Waals surface area contributed by atoms with Crippen molar-refractivity contribution in [3.8, 4) is 5.69 Å². The molecule has 0 atom stereocenters. The van der Waals surface area contributed by atoms with Gasteiger partial charge in [0, 0.05) is 23.6 Å². The lowest BCUT2D eigenvalue weighted by Gasteiger charge is -2.14. The van der Waals surface area contributed by atoms with Crippen molar-refractivity contribution in [3.63, 3.8) is 0 Å². The van der Waals surface area contributed by atoms with E-state index in [9.17, 15) is 18.0 Å². The van der Waals surface area contributed by atoms with E-state index in [2.05, 4.69) is 15.4 Å². The van der Waals surface area contributed by atoms with Gasteiger partial charge in [0.15, 0.2) is 0 Å². The maximum atomic E-state index is 13.0. The lowest BCUT2D eigenvalue weighted by molar-refractivity contribution is -0.137. The second kappa shape index (κ2) is 6.56. The predicted molar refractivity (Wildman–Crippen MR) is 85.8 cm³/mol. The van der Waals surface area contributed by atoms with Gasteiger partial charge in [0.05, 0.1) is 16.9 Å². The molecule has 5 nitrogen and oxygen atoms in total. The maximum Gasteiger partial charge on any atom is 0.416 e. The molecule has 0 unspecified atom stereocenters. The summed E-state index contributed by atoms with van der Waals surface area (Å²) >= 11 is 5.81. The summed E-state index contributed by atoms with van der Waals surface area (Å²) in [7, 11) is 0. The molecule has 0 aliphatic rings. The van der Waals surface area contributed by atoms with Gasteiger partial charge in [-0.15, -0.1) is 0 Å². The van der Waals surface area contributed by atoms with Crippen molar-refractivity contribution >= 4 is 23.2 Å². The minimum Gasteiger partial charge on any atom is -0.319 e. The van der Waals surface area contributed by atoms with Gasteiger partial charge in [0.2, 0.25) is 0 Å². The highest BCUT2D eigenvalue weighted by Crippen LogP contribution is 2.33. The molecule has 25 heavy (non-hydrogen) atoms. The molecule has 0 aliphatic carbocycles. The highest BCUT2D eigenvalue weighted by atomic mass is 35.5. The van der Waals surface area contributed by atoms with Crippen molar-refractivity contribution in [3.05, 3.63) is 71.3 Å². The molecule has 1 amide bonds. The molecular formula is C16H10ClF3N4O. The third kappa shape index (κ3) is 3.80. The van der Waals surface area contributed by atoms with Gasteiger partial charge in [-0.2, -0.15) is 18.3 Å². The number of carbonyl (C=O) groups is 1. The Morgan fingerprint density at radius 3 is 2.60 bits per heavy atom. The third-order valence-corrected chi connectivity index (χ3v) is 3.51. The fourth-order valence-electron chi connectivity index (χ4n) is 2.14. The van der Waals surface area contributed by atoms with E-state index in [1.165, 1.54) is 35.3 Å². The van der Waals surface area contributed by atoms with Crippen LogP contribution >= 0.6 is 11.6 Å². The summed E-state index contributed by atoms with van der Waals surface area (Å²) in [4.78, 5) is 16.2. The number of benzene rings is 1. The van der Waals surface area contributed by atoms with Gasteiger partial charge >= 0.3 is 6.18 Å².